The van der Waals surface area contributed by atoms with Crippen molar-refractivity contribution in [3.63, 3.8) is 0 Å². The molecular formula is C13H16INO2. The quantitative estimate of drug-likeness (QED) is 0.661. The molecule has 1 aliphatic heterocycles. The zero-order valence-corrected chi connectivity index (χ0v) is 11.9. The van der Waals surface area contributed by atoms with E-state index in [0.717, 1.165) is 11.1 Å². The second-order valence-corrected chi connectivity index (χ2v) is 6.30. The van der Waals surface area contributed by atoms with Crippen molar-refractivity contribution in [2.45, 2.75) is 23.4 Å². The molecule has 2 atom stereocenters. The number of aliphatic hydroxyl groups is 1. The molecular weight excluding hydrogens is 329 g/mol. The lowest BCUT2D eigenvalue weighted by Gasteiger charge is -2.16. The number of aliphatic hydroxyl groups excluding tert-OH is 1. The molecule has 0 aromatic heterocycles. The van der Waals surface area contributed by atoms with Gasteiger partial charge in [0, 0.05) is 22.6 Å². The number of rotatable bonds is 2. The Balaban J connectivity index is 2.16. The smallest absolute Gasteiger partial charge is 0.253 e. The minimum atomic E-state index is -0.356. The second kappa shape index (κ2) is 5.35. The van der Waals surface area contributed by atoms with Crippen molar-refractivity contribution in [3.8, 4) is 0 Å². The SMILES string of the molecule is CC(I)c1cccc(C(=O)N2CCC(O)C2)c1. The molecule has 1 N–H and O–H groups in total. The molecule has 1 aromatic rings. The first kappa shape index (κ1) is 12.8. The molecule has 17 heavy (non-hydrogen) atoms. The summed E-state index contributed by atoms with van der Waals surface area (Å²) in [5.41, 5.74) is 1.89. The van der Waals surface area contributed by atoms with Gasteiger partial charge in [-0.1, -0.05) is 34.7 Å². The van der Waals surface area contributed by atoms with E-state index in [1.807, 2.05) is 24.3 Å². The van der Waals surface area contributed by atoms with E-state index >= 15 is 0 Å². The molecule has 0 bridgehead atoms. The Hall–Kier alpha value is -0.620. The number of hydrogen-bond acceptors (Lipinski definition) is 2. The average molecular weight is 345 g/mol. The van der Waals surface area contributed by atoms with Crippen molar-refractivity contribution < 1.29 is 9.90 Å². The zero-order valence-electron chi connectivity index (χ0n) is 9.77. The third-order valence-corrected chi connectivity index (χ3v) is 3.76. The van der Waals surface area contributed by atoms with Gasteiger partial charge < -0.3 is 10.0 Å². The van der Waals surface area contributed by atoms with Crippen LogP contribution in [0.25, 0.3) is 0 Å². The van der Waals surface area contributed by atoms with Crippen LogP contribution in [0.5, 0.6) is 0 Å². The number of amides is 1. The van der Waals surface area contributed by atoms with Gasteiger partial charge in [-0.25, -0.2) is 0 Å². The van der Waals surface area contributed by atoms with Crippen LogP contribution >= 0.6 is 22.6 Å². The van der Waals surface area contributed by atoms with Crippen molar-refractivity contribution >= 4 is 28.5 Å². The van der Waals surface area contributed by atoms with E-state index < -0.39 is 0 Å². The average Bonchev–Trinajstić information content (AvgIpc) is 2.75. The predicted molar refractivity (Wildman–Crippen MR) is 75.4 cm³/mol. The molecule has 2 rings (SSSR count). The summed E-state index contributed by atoms with van der Waals surface area (Å²) in [5.74, 6) is 0.0282. The van der Waals surface area contributed by atoms with Crippen LogP contribution in [0.3, 0.4) is 0 Å². The van der Waals surface area contributed by atoms with Crippen LogP contribution in [-0.2, 0) is 0 Å². The molecule has 1 amide bonds. The van der Waals surface area contributed by atoms with Crippen LogP contribution in [0.1, 0.15) is 33.2 Å². The summed E-state index contributed by atoms with van der Waals surface area (Å²) < 4.78 is 0.393. The molecule has 92 valence electrons. The normalized spacial score (nSPS) is 21.6. The highest BCUT2D eigenvalue weighted by Gasteiger charge is 2.25. The Morgan fingerprint density at radius 3 is 2.94 bits per heavy atom. The zero-order chi connectivity index (χ0) is 12.4. The number of alkyl halides is 1. The summed E-state index contributed by atoms with van der Waals surface area (Å²) in [4.78, 5) is 13.9. The van der Waals surface area contributed by atoms with Crippen LogP contribution in [0.15, 0.2) is 24.3 Å². The van der Waals surface area contributed by atoms with Gasteiger partial charge in [0.1, 0.15) is 0 Å². The largest absolute Gasteiger partial charge is 0.391 e. The summed E-state index contributed by atoms with van der Waals surface area (Å²) in [6.07, 6.45) is 0.333. The van der Waals surface area contributed by atoms with Gasteiger partial charge in [-0.3, -0.25) is 4.79 Å². The number of carbonyl (C=O) groups is 1. The number of β-amino-alcohol motifs (C(OH)–C–C–N with tert-alkyl or cyclic N) is 1. The number of likely N-dealkylation sites (tertiary alicyclic amines) is 1. The number of hydrogen-bond donors (Lipinski definition) is 1. The van der Waals surface area contributed by atoms with E-state index in [4.69, 9.17) is 0 Å². The van der Waals surface area contributed by atoms with Gasteiger partial charge in [0.05, 0.1) is 6.10 Å². The summed E-state index contributed by atoms with van der Waals surface area (Å²) >= 11 is 2.34. The van der Waals surface area contributed by atoms with Crippen molar-refractivity contribution in [3.05, 3.63) is 35.4 Å². The fourth-order valence-electron chi connectivity index (χ4n) is 2.03. The van der Waals surface area contributed by atoms with Gasteiger partial charge in [-0.05, 0) is 31.0 Å². The minimum absolute atomic E-state index is 0.0282. The highest BCUT2D eigenvalue weighted by molar-refractivity contribution is 14.1. The first-order valence-electron chi connectivity index (χ1n) is 5.79. The Morgan fingerprint density at radius 2 is 2.35 bits per heavy atom. The van der Waals surface area contributed by atoms with E-state index in [-0.39, 0.29) is 12.0 Å². The third-order valence-electron chi connectivity index (χ3n) is 3.04. The molecule has 0 aliphatic carbocycles. The van der Waals surface area contributed by atoms with Crippen LogP contribution in [0, 0.1) is 0 Å². The summed E-state index contributed by atoms with van der Waals surface area (Å²) in [6, 6.07) is 7.75. The van der Waals surface area contributed by atoms with E-state index in [0.29, 0.717) is 23.4 Å². The van der Waals surface area contributed by atoms with Crippen molar-refractivity contribution in [2.75, 3.05) is 13.1 Å². The molecule has 0 radical (unpaired) electrons. The Kier molecular flexibility index (Phi) is 4.04. The lowest BCUT2D eigenvalue weighted by Crippen LogP contribution is -2.29. The maximum Gasteiger partial charge on any atom is 0.253 e. The van der Waals surface area contributed by atoms with E-state index in [9.17, 15) is 9.90 Å². The predicted octanol–water partition coefficient (Wildman–Crippen LogP) is 2.39. The molecule has 0 spiro atoms. The van der Waals surface area contributed by atoms with Crippen LogP contribution in [0.4, 0.5) is 0 Å². The maximum atomic E-state index is 12.2. The van der Waals surface area contributed by atoms with Gasteiger partial charge in [-0.2, -0.15) is 0 Å². The molecule has 1 fully saturated rings. The van der Waals surface area contributed by atoms with Crippen LogP contribution in [-0.4, -0.2) is 35.1 Å². The minimum Gasteiger partial charge on any atom is -0.391 e. The molecule has 1 aromatic carbocycles. The van der Waals surface area contributed by atoms with Gasteiger partial charge in [0.2, 0.25) is 0 Å². The molecule has 1 saturated heterocycles. The number of nitrogens with zero attached hydrogens (tertiary/aromatic N) is 1. The van der Waals surface area contributed by atoms with E-state index in [1.54, 1.807) is 4.90 Å². The lowest BCUT2D eigenvalue weighted by molar-refractivity contribution is 0.0765. The Bertz CT molecular complexity index is 420. The van der Waals surface area contributed by atoms with Gasteiger partial charge >= 0.3 is 0 Å². The summed E-state index contributed by atoms with van der Waals surface area (Å²) in [5, 5.41) is 9.44. The summed E-state index contributed by atoms with van der Waals surface area (Å²) in [6.45, 7) is 3.22. The van der Waals surface area contributed by atoms with Crippen molar-refractivity contribution in [2.24, 2.45) is 0 Å². The van der Waals surface area contributed by atoms with Gasteiger partial charge in [0.15, 0.2) is 0 Å². The van der Waals surface area contributed by atoms with Crippen LogP contribution < -0.4 is 0 Å². The topological polar surface area (TPSA) is 40.5 Å². The first-order valence-corrected chi connectivity index (χ1v) is 7.04. The molecule has 2 unspecified atom stereocenters. The molecule has 4 heteroatoms. The van der Waals surface area contributed by atoms with Crippen LogP contribution in [0.2, 0.25) is 0 Å². The fourth-order valence-corrected chi connectivity index (χ4v) is 2.42. The number of carbonyl (C=O) groups excluding carboxylic acids is 1. The lowest BCUT2D eigenvalue weighted by atomic mass is 10.1. The van der Waals surface area contributed by atoms with E-state index in [1.165, 1.54) is 0 Å². The monoisotopic (exact) mass is 345 g/mol. The number of benzene rings is 1. The van der Waals surface area contributed by atoms with Gasteiger partial charge in [0.25, 0.3) is 5.91 Å². The van der Waals surface area contributed by atoms with Gasteiger partial charge in [-0.15, -0.1) is 0 Å². The number of halogens is 1. The summed E-state index contributed by atoms with van der Waals surface area (Å²) in [7, 11) is 0. The molecule has 0 saturated carbocycles. The second-order valence-electron chi connectivity index (χ2n) is 4.44. The van der Waals surface area contributed by atoms with E-state index in [2.05, 4.69) is 29.5 Å². The highest BCUT2D eigenvalue weighted by atomic mass is 127. The molecule has 3 nitrogen and oxygen atoms in total. The third kappa shape index (κ3) is 2.98. The first-order chi connectivity index (χ1) is 8.08. The molecule has 1 heterocycles. The van der Waals surface area contributed by atoms with Crippen molar-refractivity contribution in [1.29, 1.82) is 0 Å². The standard InChI is InChI=1S/C13H16INO2/c1-9(14)10-3-2-4-11(7-10)13(17)15-6-5-12(16)8-15/h2-4,7,9,12,16H,5-6,8H2,1H3. The Labute approximate surface area is 115 Å². The fraction of sp³-hybridized carbons (Fsp3) is 0.462. The Morgan fingerprint density at radius 1 is 1.59 bits per heavy atom. The highest BCUT2D eigenvalue weighted by Crippen LogP contribution is 2.23. The van der Waals surface area contributed by atoms with Crippen molar-refractivity contribution in [1.82, 2.24) is 4.90 Å². The molecule has 1 aliphatic rings. The maximum absolute atomic E-state index is 12.2.